The van der Waals surface area contributed by atoms with Gasteiger partial charge in [-0.25, -0.2) is 0 Å². The molecule has 0 radical (unpaired) electrons. The highest BCUT2D eigenvalue weighted by molar-refractivity contribution is 6.30. The molecule has 1 aromatic heterocycles. The number of carbonyl (C=O) groups is 1. The molecule has 1 aliphatic heterocycles. The third kappa shape index (κ3) is 6.15. The zero-order valence-electron chi connectivity index (χ0n) is 19.5. The smallest absolute Gasteiger partial charge is 0.228 e. The molecule has 0 unspecified atom stereocenters. The van der Waals surface area contributed by atoms with Gasteiger partial charge in [-0.2, -0.15) is 5.10 Å². The van der Waals surface area contributed by atoms with Gasteiger partial charge in [-0.05, 0) is 81.7 Å². The van der Waals surface area contributed by atoms with E-state index in [-0.39, 0.29) is 17.9 Å². The molecule has 174 valence electrons. The topological polar surface area (TPSA) is 59.4 Å². The molecule has 1 fully saturated rings. The van der Waals surface area contributed by atoms with Crippen LogP contribution in [0.1, 0.15) is 32.3 Å². The summed E-state index contributed by atoms with van der Waals surface area (Å²) in [6.45, 7) is 7.37. The van der Waals surface area contributed by atoms with E-state index in [0.29, 0.717) is 5.02 Å². The normalized spacial score (nSPS) is 14.4. The molecule has 1 amide bonds. The van der Waals surface area contributed by atoms with Gasteiger partial charge in [-0.3, -0.25) is 14.4 Å². The van der Waals surface area contributed by atoms with Gasteiger partial charge < -0.3 is 10.1 Å². The lowest BCUT2D eigenvalue weighted by Gasteiger charge is -2.32. The molecular formula is C26H31ClN4O2. The Morgan fingerprint density at radius 3 is 2.52 bits per heavy atom. The van der Waals surface area contributed by atoms with Gasteiger partial charge in [-0.1, -0.05) is 23.7 Å². The van der Waals surface area contributed by atoms with E-state index in [0.717, 1.165) is 47.9 Å². The number of carbonyl (C=O) groups excluding carboxylic acids is 1. The third-order valence-electron chi connectivity index (χ3n) is 5.83. The maximum atomic E-state index is 12.6. The average Bonchev–Trinajstić information content (AvgIpc) is 3.42. The lowest BCUT2D eigenvalue weighted by molar-refractivity contribution is -0.115. The van der Waals surface area contributed by atoms with Crippen LogP contribution in [0, 0.1) is 0 Å². The molecule has 7 heteroatoms. The van der Waals surface area contributed by atoms with E-state index >= 15 is 0 Å². The Hall–Kier alpha value is -2.83. The quantitative estimate of drug-likeness (QED) is 0.497. The van der Waals surface area contributed by atoms with Crippen LogP contribution in [0.5, 0.6) is 5.75 Å². The molecule has 1 saturated heterocycles. The van der Waals surface area contributed by atoms with Crippen molar-refractivity contribution < 1.29 is 9.53 Å². The molecule has 1 N–H and O–H groups in total. The molecule has 0 atom stereocenters. The van der Waals surface area contributed by atoms with Gasteiger partial charge in [0.25, 0.3) is 0 Å². The van der Waals surface area contributed by atoms with Crippen LogP contribution < -0.4 is 10.1 Å². The summed E-state index contributed by atoms with van der Waals surface area (Å²) in [5.41, 5.74) is 3.10. The maximum Gasteiger partial charge on any atom is 0.228 e. The first-order valence-corrected chi connectivity index (χ1v) is 11.7. The van der Waals surface area contributed by atoms with Gasteiger partial charge in [0.1, 0.15) is 11.4 Å². The Balaban J connectivity index is 1.54. The first-order valence-electron chi connectivity index (χ1n) is 11.4. The minimum absolute atomic E-state index is 0.0867. The number of amides is 1. The van der Waals surface area contributed by atoms with Crippen LogP contribution in [0.25, 0.3) is 11.3 Å². The number of anilines is 1. The molecule has 6 nitrogen and oxygen atoms in total. The van der Waals surface area contributed by atoms with E-state index in [1.807, 2.05) is 48.1 Å². The molecule has 1 aliphatic rings. The molecule has 0 saturated carbocycles. The number of aromatic nitrogens is 2. The van der Waals surface area contributed by atoms with Gasteiger partial charge >= 0.3 is 0 Å². The molecule has 4 rings (SSSR count). The van der Waals surface area contributed by atoms with Crippen LogP contribution in [-0.4, -0.2) is 45.8 Å². The van der Waals surface area contributed by atoms with Gasteiger partial charge in [-0.15, -0.1) is 0 Å². The van der Waals surface area contributed by atoms with Crippen molar-refractivity contribution in [2.45, 2.75) is 38.7 Å². The number of halogens is 1. The fourth-order valence-corrected chi connectivity index (χ4v) is 4.46. The molecule has 0 spiro atoms. The molecule has 33 heavy (non-hydrogen) atoms. The summed E-state index contributed by atoms with van der Waals surface area (Å²) >= 11 is 5.94. The average molecular weight is 467 g/mol. The summed E-state index contributed by atoms with van der Waals surface area (Å²) in [6, 6.07) is 15.0. The number of aryl methyl sites for hydroxylation is 1. The second-order valence-corrected chi connectivity index (χ2v) is 9.68. The summed E-state index contributed by atoms with van der Waals surface area (Å²) in [5.74, 6) is 0.690. The highest BCUT2D eigenvalue weighted by atomic mass is 35.5. The summed E-state index contributed by atoms with van der Waals surface area (Å²) in [4.78, 5) is 15.1. The standard InChI is InChI=1S/C26H31ClN4O2/c1-26(2,18-31-14-4-5-15-31)33-24-11-10-21(17-22(24)23-12-13-28-30(23)3)29-25(32)16-19-6-8-20(27)9-7-19/h6-13,17H,4-5,14-16,18H2,1-3H3,(H,29,32). The van der Waals surface area contributed by atoms with Crippen LogP contribution in [-0.2, 0) is 18.3 Å². The van der Waals surface area contributed by atoms with Crippen molar-refractivity contribution >= 4 is 23.2 Å². The number of rotatable bonds is 8. The summed E-state index contributed by atoms with van der Waals surface area (Å²) in [5, 5.41) is 7.99. The van der Waals surface area contributed by atoms with Gasteiger partial charge in [0.05, 0.1) is 12.1 Å². The van der Waals surface area contributed by atoms with Crippen LogP contribution in [0.15, 0.2) is 54.7 Å². The van der Waals surface area contributed by atoms with Crippen molar-refractivity contribution in [1.29, 1.82) is 0 Å². The summed E-state index contributed by atoms with van der Waals surface area (Å²) in [7, 11) is 1.90. The van der Waals surface area contributed by atoms with E-state index in [1.54, 1.807) is 18.3 Å². The molecule has 0 bridgehead atoms. The number of likely N-dealkylation sites (tertiary alicyclic amines) is 1. The number of benzene rings is 2. The van der Waals surface area contributed by atoms with Crippen LogP contribution in [0.3, 0.4) is 0 Å². The van der Waals surface area contributed by atoms with E-state index in [2.05, 4.69) is 29.2 Å². The highest BCUT2D eigenvalue weighted by Crippen LogP contribution is 2.35. The zero-order valence-corrected chi connectivity index (χ0v) is 20.2. The van der Waals surface area contributed by atoms with Crippen LogP contribution >= 0.6 is 11.6 Å². The molecular weight excluding hydrogens is 436 g/mol. The lowest BCUT2D eigenvalue weighted by atomic mass is 10.1. The number of nitrogens with zero attached hydrogens (tertiary/aromatic N) is 3. The maximum absolute atomic E-state index is 12.6. The van der Waals surface area contributed by atoms with E-state index in [4.69, 9.17) is 16.3 Å². The Morgan fingerprint density at radius 1 is 1.12 bits per heavy atom. The van der Waals surface area contributed by atoms with Gasteiger partial charge in [0.2, 0.25) is 5.91 Å². The second-order valence-electron chi connectivity index (χ2n) is 9.25. The predicted molar refractivity (Wildman–Crippen MR) is 133 cm³/mol. The number of hydrogen-bond donors (Lipinski definition) is 1. The SMILES string of the molecule is Cn1nccc1-c1cc(NC(=O)Cc2ccc(Cl)cc2)ccc1OC(C)(C)CN1CCCC1. The third-order valence-corrected chi connectivity index (χ3v) is 6.08. The van der Waals surface area contributed by atoms with Crippen molar-refractivity contribution in [3.8, 4) is 17.0 Å². The van der Waals surface area contributed by atoms with E-state index < -0.39 is 0 Å². The minimum Gasteiger partial charge on any atom is -0.486 e. The van der Waals surface area contributed by atoms with E-state index in [1.165, 1.54) is 12.8 Å². The van der Waals surface area contributed by atoms with Crippen LogP contribution in [0.2, 0.25) is 5.02 Å². The van der Waals surface area contributed by atoms with Gasteiger partial charge in [0, 0.05) is 36.1 Å². The molecule has 2 heterocycles. The van der Waals surface area contributed by atoms with Crippen molar-refractivity contribution in [1.82, 2.24) is 14.7 Å². The largest absolute Gasteiger partial charge is 0.486 e. The number of nitrogens with one attached hydrogen (secondary N) is 1. The highest BCUT2D eigenvalue weighted by Gasteiger charge is 2.27. The van der Waals surface area contributed by atoms with Gasteiger partial charge in [0.15, 0.2) is 0 Å². The molecule has 0 aliphatic carbocycles. The number of ether oxygens (including phenoxy) is 1. The number of hydrogen-bond acceptors (Lipinski definition) is 4. The fourth-order valence-electron chi connectivity index (χ4n) is 4.34. The minimum atomic E-state index is -0.350. The summed E-state index contributed by atoms with van der Waals surface area (Å²) in [6.07, 6.45) is 4.54. The Bertz CT molecular complexity index is 1100. The first kappa shape index (κ1) is 23.3. The fraction of sp³-hybridized carbons (Fsp3) is 0.385. The Kier molecular flexibility index (Phi) is 7.05. The van der Waals surface area contributed by atoms with E-state index in [9.17, 15) is 4.79 Å². The molecule has 2 aromatic carbocycles. The predicted octanol–water partition coefficient (Wildman–Crippen LogP) is 5.17. The second kappa shape index (κ2) is 9.98. The van der Waals surface area contributed by atoms with Crippen molar-refractivity contribution in [3.05, 3.63) is 65.3 Å². The monoisotopic (exact) mass is 466 g/mol. The van der Waals surface area contributed by atoms with Crippen LogP contribution in [0.4, 0.5) is 5.69 Å². The van der Waals surface area contributed by atoms with Crippen molar-refractivity contribution in [2.75, 3.05) is 25.0 Å². The first-order chi connectivity index (χ1) is 15.8. The molecule has 3 aromatic rings. The Morgan fingerprint density at radius 2 is 1.85 bits per heavy atom. The van der Waals surface area contributed by atoms with Crippen molar-refractivity contribution in [2.24, 2.45) is 7.05 Å². The lowest BCUT2D eigenvalue weighted by Crippen LogP contribution is -2.41. The zero-order chi connectivity index (χ0) is 23.4. The van der Waals surface area contributed by atoms with Crippen molar-refractivity contribution in [3.63, 3.8) is 0 Å². The Labute approximate surface area is 200 Å². The summed E-state index contributed by atoms with van der Waals surface area (Å²) < 4.78 is 8.35.